The van der Waals surface area contributed by atoms with Crippen LogP contribution in [-0.2, 0) is 0 Å². The Bertz CT molecular complexity index is 279. The monoisotopic (exact) mass is 183 g/mol. The Morgan fingerprint density at radius 1 is 1.00 bits per heavy atom. The molecule has 0 unspecified atom stereocenters. The third-order valence-electron chi connectivity index (χ3n) is 2.81. The molecule has 72 valence electrons. The van der Waals surface area contributed by atoms with Crippen LogP contribution in [0.1, 0.15) is 24.8 Å². The van der Waals surface area contributed by atoms with E-state index in [2.05, 4.69) is 36.1 Å². The van der Waals surface area contributed by atoms with Gasteiger partial charge in [0.2, 0.25) is 0 Å². The topological polar surface area (TPSA) is 3.24 Å². The number of rotatable bonds is 1. The van der Waals surface area contributed by atoms with Gasteiger partial charge in [-0.15, -0.1) is 0 Å². The van der Waals surface area contributed by atoms with E-state index in [-0.39, 0.29) is 18.9 Å². The molecule has 1 aromatic carbocycles. The van der Waals surface area contributed by atoms with E-state index in [1.165, 1.54) is 43.6 Å². The van der Waals surface area contributed by atoms with Crippen LogP contribution in [0, 0.1) is 6.92 Å². The van der Waals surface area contributed by atoms with Crippen LogP contribution in [0.3, 0.4) is 0 Å². The van der Waals surface area contributed by atoms with E-state index in [1.54, 1.807) is 0 Å². The first-order valence-electron chi connectivity index (χ1n) is 5.18. The Balaban J connectivity index is 0.000000980. The van der Waals surface area contributed by atoms with Crippen molar-refractivity contribution in [3.05, 3.63) is 29.8 Å². The molecule has 1 aliphatic rings. The fourth-order valence-corrected chi connectivity index (χ4v) is 2.05. The average molecular weight is 183 g/mol. The van der Waals surface area contributed by atoms with Crippen LogP contribution in [0.15, 0.2) is 24.3 Å². The van der Waals surface area contributed by atoms with Gasteiger partial charge in [0.1, 0.15) is 0 Å². The molecule has 2 rings (SSSR count). The zero-order valence-corrected chi connectivity index (χ0v) is 8.29. The molecule has 0 N–H and O–H groups in total. The second-order valence-corrected chi connectivity index (χ2v) is 3.83. The molecule has 0 bridgehead atoms. The van der Waals surface area contributed by atoms with Crippen LogP contribution in [0.25, 0.3) is 0 Å². The maximum atomic E-state index is 2.51. The number of anilines is 1. The number of para-hydroxylation sites is 1. The quantitative estimate of drug-likeness (QED) is 0.604. The molecule has 1 aromatic rings. The Kier molecular flexibility index (Phi) is 4.58. The van der Waals surface area contributed by atoms with Crippen LogP contribution in [-0.4, -0.2) is 32.0 Å². The number of benzene rings is 1. The zero-order chi connectivity index (χ0) is 9.10. The molecule has 0 aliphatic carbocycles. The molecule has 0 atom stereocenters. The summed E-state index contributed by atoms with van der Waals surface area (Å²) in [5.74, 6) is 0. The Morgan fingerprint density at radius 3 is 2.29 bits per heavy atom. The van der Waals surface area contributed by atoms with E-state index < -0.39 is 0 Å². The van der Waals surface area contributed by atoms with E-state index in [4.69, 9.17) is 0 Å². The molecule has 14 heavy (non-hydrogen) atoms. The van der Waals surface area contributed by atoms with Crippen molar-refractivity contribution < 1.29 is 0 Å². The standard InChI is InChI=1S/C12H17N.Li.H/c1-11-7-3-4-8-12(11)13-9-5-2-6-10-13;;/h3-4,7-8H,2,5-6,9-10H2,1H3;;. The molecule has 2 heteroatoms. The predicted octanol–water partition coefficient (Wildman–Crippen LogP) is 2.34. The summed E-state index contributed by atoms with van der Waals surface area (Å²) in [4.78, 5) is 2.51. The van der Waals surface area contributed by atoms with Gasteiger partial charge in [0.15, 0.2) is 0 Å². The summed E-state index contributed by atoms with van der Waals surface area (Å²) in [7, 11) is 0. The van der Waals surface area contributed by atoms with Gasteiger partial charge in [0.05, 0.1) is 0 Å². The molecule has 0 radical (unpaired) electrons. The van der Waals surface area contributed by atoms with Crippen molar-refractivity contribution in [1.82, 2.24) is 0 Å². The molecule has 1 nitrogen and oxygen atoms in total. The van der Waals surface area contributed by atoms with Gasteiger partial charge < -0.3 is 4.90 Å². The number of nitrogens with zero attached hydrogens (tertiary/aromatic N) is 1. The summed E-state index contributed by atoms with van der Waals surface area (Å²) in [5, 5.41) is 0. The summed E-state index contributed by atoms with van der Waals surface area (Å²) in [6.45, 7) is 4.68. The van der Waals surface area contributed by atoms with E-state index in [0.29, 0.717) is 0 Å². The van der Waals surface area contributed by atoms with E-state index >= 15 is 0 Å². The SMILES string of the molecule is Cc1ccccc1N1CCCCC1.[LiH]. The van der Waals surface area contributed by atoms with Gasteiger partial charge in [-0.3, -0.25) is 0 Å². The molecular formula is C12H18LiN. The summed E-state index contributed by atoms with van der Waals surface area (Å²) in [6.07, 6.45) is 4.12. The van der Waals surface area contributed by atoms with E-state index in [1.807, 2.05) is 0 Å². The number of hydrogen-bond donors (Lipinski definition) is 0. The summed E-state index contributed by atoms with van der Waals surface area (Å²) >= 11 is 0. The van der Waals surface area contributed by atoms with Crippen molar-refractivity contribution >= 4 is 24.5 Å². The molecular weight excluding hydrogens is 165 g/mol. The molecule has 0 saturated carbocycles. The van der Waals surface area contributed by atoms with Gasteiger partial charge in [-0.1, -0.05) is 18.2 Å². The molecule has 1 aliphatic heterocycles. The van der Waals surface area contributed by atoms with Gasteiger partial charge in [-0.2, -0.15) is 0 Å². The second-order valence-electron chi connectivity index (χ2n) is 3.83. The van der Waals surface area contributed by atoms with Crippen molar-refractivity contribution in [1.29, 1.82) is 0 Å². The van der Waals surface area contributed by atoms with Crippen molar-refractivity contribution in [2.45, 2.75) is 26.2 Å². The molecule has 0 amide bonds. The summed E-state index contributed by atoms with van der Waals surface area (Å²) in [6, 6.07) is 8.68. The van der Waals surface area contributed by atoms with Gasteiger partial charge in [-0.05, 0) is 37.8 Å². The fourth-order valence-electron chi connectivity index (χ4n) is 2.05. The van der Waals surface area contributed by atoms with Crippen molar-refractivity contribution in [3.63, 3.8) is 0 Å². The number of piperidine rings is 1. The van der Waals surface area contributed by atoms with Gasteiger partial charge in [0, 0.05) is 18.8 Å². The van der Waals surface area contributed by atoms with Crippen LogP contribution < -0.4 is 4.90 Å². The third kappa shape index (κ3) is 2.56. The van der Waals surface area contributed by atoms with Gasteiger partial charge in [0.25, 0.3) is 0 Å². The Morgan fingerprint density at radius 2 is 1.64 bits per heavy atom. The maximum absolute atomic E-state index is 2.51. The first-order chi connectivity index (χ1) is 6.38. The molecule has 0 spiro atoms. The van der Waals surface area contributed by atoms with Crippen LogP contribution in [0.5, 0.6) is 0 Å². The van der Waals surface area contributed by atoms with Crippen molar-refractivity contribution in [2.75, 3.05) is 18.0 Å². The van der Waals surface area contributed by atoms with Crippen LogP contribution in [0.2, 0.25) is 0 Å². The minimum absolute atomic E-state index is 0. The predicted molar refractivity (Wildman–Crippen MR) is 64.4 cm³/mol. The molecule has 1 saturated heterocycles. The first kappa shape index (κ1) is 11.7. The number of hydrogen-bond acceptors (Lipinski definition) is 1. The zero-order valence-electron chi connectivity index (χ0n) is 8.29. The third-order valence-corrected chi connectivity index (χ3v) is 2.81. The minimum atomic E-state index is 0. The van der Waals surface area contributed by atoms with Crippen LogP contribution >= 0.6 is 0 Å². The normalized spacial score (nSPS) is 16.2. The van der Waals surface area contributed by atoms with Gasteiger partial charge in [-0.25, -0.2) is 0 Å². The molecule has 1 heterocycles. The van der Waals surface area contributed by atoms with E-state index in [9.17, 15) is 0 Å². The second kappa shape index (κ2) is 5.49. The Labute approximate surface area is 98.7 Å². The fraction of sp³-hybridized carbons (Fsp3) is 0.500. The van der Waals surface area contributed by atoms with E-state index in [0.717, 1.165) is 0 Å². The van der Waals surface area contributed by atoms with Crippen molar-refractivity contribution in [2.24, 2.45) is 0 Å². The molecule has 0 aromatic heterocycles. The van der Waals surface area contributed by atoms with Gasteiger partial charge >= 0.3 is 18.9 Å². The number of aryl methyl sites for hydroxylation is 1. The first-order valence-corrected chi connectivity index (χ1v) is 5.18. The Hall–Kier alpha value is -0.383. The average Bonchev–Trinajstić information content (AvgIpc) is 2.20. The molecule has 1 fully saturated rings. The van der Waals surface area contributed by atoms with Crippen LogP contribution in [0.4, 0.5) is 5.69 Å². The summed E-state index contributed by atoms with van der Waals surface area (Å²) < 4.78 is 0. The summed E-state index contributed by atoms with van der Waals surface area (Å²) in [5.41, 5.74) is 2.84. The van der Waals surface area contributed by atoms with Crippen molar-refractivity contribution in [3.8, 4) is 0 Å².